The van der Waals surface area contributed by atoms with Gasteiger partial charge in [-0.05, 0) is 50.2 Å². The fourth-order valence-corrected chi connectivity index (χ4v) is 3.48. The molecule has 32 heavy (non-hydrogen) atoms. The van der Waals surface area contributed by atoms with Gasteiger partial charge < -0.3 is 30.3 Å². The molecule has 0 aromatic heterocycles. The number of unbranched alkanes of at least 4 members (excludes halogenated alkanes) is 1. The predicted molar refractivity (Wildman–Crippen MR) is 122 cm³/mol. The van der Waals surface area contributed by atoms with Crippen molar-refractivity contribution in [1.29, 1.82) is 0 Å². The zero-order chi connectivity index (χ0) is 23.7. The van der Waals surface area contributed by atoms with Gasteiger partial charge in [0.2, 0.25) is 0 Å². The average molecular weight is 485 g/mol. The third-order valence-electron chi connectivity index (χ3n) is 4.63. The molecule has 0 aliphatic rings. The van der Waals surface area contributed by atoms with Crippen molar-refractivity contribution in [3.63, 3.8) is 0 Å². The number of nitrogens with one attached hydrogen (secondary N) is 2. The lowest BCUT2D eigenvalue weighted by Gasteiger charge is -2.18. The number of hydrogen-bond donors (Lipinski definition) is 4. The molecule has 0 bridgehead atoms. The summed E-state index contributed by atoms with van der Waals surface area (Å²) in [5.74, 6) is -1.79. The Morgan fingerprint density at radius 2 is 1.81 bits per heavy atom. The molecule has 0 spiro atoms. The fourth-order valence-electron chi connectivity index (χ4n) is 2.91. The third-order valence-corrected chi connectivity index (χ3v) is 5.26. The van der Waals surface area contributed by atoms with Crippen LogP contribution in [0.2, 0.25) is 10.0 Å². The smallest absolute Gasteiger partial charge is 0.328 e. The standard InChI is InChI=1S/C22H26Cl2N2O6/c1-25-9-3-4-10-32-20-16(23)12-15(19(28)18(20)24)21(29)26-17(22(30)31-2)11-13-5-7-14(27)8-6-13/h5-8,12,17,25,27-28H,3-4,9-11H2,1-2H3,(H,26,29)/t17-/m0/s1. The number of halogens is 2. The van der Waals surface area contributed by atoms with E-state index in [1.54, 1.807) is 12.1 Å². The molecule has 2 rings (SSSR count). The van der Waals surface area contributed by atoms with Gasteiger partial charge in [-0.3, -0.25) is 4.79 Å². The van der Waals surface area contributed by atoms with Crippen LogP contribution in [0.1, 0.15) is 28.8 Å². The highest BCUT2D eigenvalue weighted by Gasteiger charge is 2.26. The minimum absolute atomic E-state index is 0.0553. The predicted octanol–water partition coefficient (Wildman–Crippen LogP) is 3.30. The molecule has 2 aromatic carbocycles. The van der Waals surface area contributed by atoms with Crippen LogP contribution in [-0.4, -0.2) is 55.4 Å². The molecular weight excluding hydrogens is 459 g/mol. The lowest BCUT2D eigenvalue weighted by Crippen LogP contribution is -2.43. The molecule has 0 heterocycles. The van der Waals surface area contributed by atoms with Crippen LogP contribution in [0.4, 0.5) is 0 Å². The van der Waals surface area contributed by atoms with Crippen LogP contribution in [-0.2, 0) is 16.0 Å². The van der Waals surface area contributed by atoms with Gasteiger partial charge in [-0.15, -0.1) is 0 Å². The second kappa shape index (κ2) is 12.4. The van der Waals surface area contributed by atoms with E-state index in [1.165, 1.54) is 25.3 Å². The van der Waals surface area contributed by atoms with E-state index in [0.29, 0.717) is 12.2 Å². The average Bonchev–Trinajstić information content (AvgIpc) is 2.78. The Hall–Kier alpha value is -2.68. The minimum atomic E-state index is -1.04. The summed E-state index contributed by atoms with van der Waals surface area (Å²) >= 11 is 12.4. The van der Waals surface area contributed by atoms with Crippen LogP contribution in [0.25, 0.3) is 0 Å². The van der Waals surface area contributed by atoms with Gasteiger partial charge in [0, 0.05) is 6.42 Å². The van der Waals surface area contributed by atoms with Crippen molar-refractivity contribution in [2.45, 2.75) is 25.3 Å². The maximum atomic E-state index is 12.8. The Kier molecular flexibility index (Phi) is 9.90. The zero-order valence-electron chi connectivity index (χ0n) is 17.8. The number of rotatable bonds is 11. The summed E-state index contributed by atoms with van der Waals surface area (Å²) in [4.78, 5) is 25.0. The summed E-state index contributed by atoms with van der Waals surface area (Å²) in [6, 6.07) is 6.35. The van der Waals surface area contributed by atoms with Gasteiger partial charge in [0.05, 0.1) is 24.3 Å². The number of carbonyl (C=O) groups is 2. The molecule has 0 aliphatic carbocycles. The van der Waals surface area contributed by atoms with Crippen molar-refractivity contribution in [2.75, 3.05) is 27.3 Å². The molecule has 8 nitrogen and oxygen atoms in total. The molecule has 10 heteroatoms. The highest BCUT2D eigenvalue weighted by atomic mass is 35.5. The van der Waals surface area contributed by atoms with E-state index in [-0.39, 0.29) is 33.5 Å². The SMILES string of the molecule is CNCCCCOc1c(Cl)cc(C(=O)N[C@@H](Cc2ccc(O)cc2)C(=O)OC)c(O)c1Cl. The van der Waals surface area contributed by atoms with Crippen LogP contribution in [0.5, 0.6) is 17.2 Å². The molecule has 0 aliphatic heterocycles. The fraction of sp³-hybridized carbons (Fsp3) is 0.364. The second-order valence-electron chi connectivity index (χ2n) is 6.98. The molecule has 0 saturated carbocycles. The minimum Gasteiger partial charge on any atom is -0.508 e. The van der Waals surface area contributed by atoms with Crippen molar-refractivity contribution < 1.29 is 29.3 Å². The largest absolute Gasteiger partial charge is 0.508 e. The molecule has 1 atom stereocenters. The zero-order valence-corrected chi connectivity index (χ0v) is 19.3. The Morgan fingerprint density at radius 3 is 2.44 bits per heavy atom. The summed E-state index contributed by atoms with van der Waals surface area (Å²) < 4.78 is 10.3. The molecule has 0 unspecified atom stereocenters. The van der Waals surface area contributed by atoms with Crippen LogP contribution in [0.15, 0.2) is 30.3 Å². The van der Waals surface area contributed by atoms with Crippen molar-refractivity contribution in [1.82, 2.24) is 10.6 Å². The summed E-state index contributed by atoms with van der Waals surface area (Å²) in [6.07, 6.45) is 1.73. The Labute approximate surface area is 196 Å². The van der Waals surface area contributed by atoms with E-state index in [1.807, 2.05) is 7.05 Å². The quantitative estimate of drug-likeness (QED) is 0.285. The number of phenols is 2. The van der Waals surface area contributed by atoms with Gasteiger partial charge in [-0.2, -0.15) is 0 Å². The molecule has 0 fully saturated rings. The number of phenolic OH excluding ortho intramolecular Hbond substituents is 2. The van der Waals surface area contributed by atoms with Gasteiger partial charge in [0.25, 0.3) is 5.91 Å². The maximum Gasteiger partial charge on any atom is 0.328 e. The first kappa shape index (κ1) is 25.6. The first-order valence-electron chi connectivity index (χ1n) is 9.93. The Balaban J connectivity index is 2.17. The topological polar surface area (TPSA) is 117 Å². The van der Waals surface area contributed by atoms with E-state index < -0.39 is 23.7 Å². The van der Waals surface area contributed by atoms with E-state index in [2.05, 4.69) is 10.6 Å². The number of carbonyl (C=O) groups excluding carboxylic acids is 2. The summed E-state index contributed by atoms with van der Waals surface area (Å²) in [7, 11) is 3.05. The second-order valence-corrected chi connectivity index (χ2v) is 7.76. The normalized spacial score (nSPS) is 11.6. The first-order chi connectivity index (χ1) is 15.3. The van der Waals surface area contributed by atoms with Crippen molar-refractivity contribution in [3.05, 3.63) is 51.5 Å². The number of esters is 1. The molecule has 4 N–H and O–H groups in total. The van der Waals surface area contributed by atoms with Gasteiger partial charge in [-0.25, -0.2) is 4.79 Å². The van der Waals surface area contributed by atoms with Crippen LogP contribution in [0, 0.1) is 0 Å². The van der Waals surface area contributed by atoms with E-state index in [4.69, 9.17) is 32.7 Å². The van der Waals surface area contributed by atoms with Crippen LogP contribution < -0.4 is 15.4 Å². The number of benzene rings is 2. The van der Waals surface area contributed by atoms with Gasteiger partial charge in [-0.1, -0.05) is 35.3 Å². The molecule has 2 aromatic rings. The number of hydrogen-bond acceptors (Lipinski definition) is 7. The lowest BCUT2D eigenvalue weighted by molar-refractivity contribution is -0.142. The molecule has 1 amide bonds. The van der Waals surface area contributed by atoms with Crippen molar-refractivity contribution in [2.24, 2.45) is 0 Å². The van der Waals surface area contributed by atoms with E-state index in [9.17, 15) is 19.8 Å². The number of amides is 1. The molecule has 0 saturated heterocycles. The van der Waals surface area contributed by atoms with Crippen LogP contribution >= 0.6 is 23.2 Å². The van der Waals surface area contributed by atoms with Crippen molar-refractivity contribution >= 4 is 35.1 Å². The van der Waals surface area contributed by atoms with Gasteiger partial charge in [0.1, 0.15) is 16.8 Å². The highest BCUT2D eigenvalue weighted by molar-refractivity contribution is 6.39. The summed E-state index contributed by atoms with van der Waals surface area (Å²) in [6.45, 7) is 1.17. The number of aromatic hydroxyl groups is 2. The lowest BCUT2D eigenvalue weighted by atomic mass is 10.0. The summed E-state index contributed by atoms with van der Waals surface area (Å²) in [5.41, 5.74) is 0.475. The summed E-state index contributed by atoms with van der Waals surface area (Å²) in [5, 5.41) is 25.3. The number of methoxy groups -OCH3 is 1. The van der Waals surface area contributed by atoms with Crippen LogP contribution in [0.3, 0.4) is 0 Å². The molecule has 0 radical (unpaired) electrons. The van der Waals surface area contributed by atoms with Crippen molar-refractivity contribution in [3.8, 4) is 17.2 Å². The number of ether oxygens (including phenoxy) is 2. The molecular formula is C22H26Cl2N2O6. The van der Waals surface area contributed by atoms with E-state index >= 15 is 0 Å². The van der Waals surface area contributed by atoms with Gasteiger partial charge >= 0.3 is 5.97 Å². The Bertz CT molecular complexity index is 937. The highest BCUT2D eigenvalue weighted by Crippen LogP contribution is 2.42. The first-order valence-corrected chi connectivity index (χ1v) is 10.7. The third kappa shape index (κ3) is 6.91. The Morgan fingerprint density at radius 1 is 1.12 bits per heavy atom. The maximum absolute atomic E-state index is 12.8. The van der Waals surface area contributed by atoms with Gasteiger partial charge in [0.15, 0.2) is 11.5 Å². The van der Waals surface area contributed by atoms with E-state index in [0.717, 1.165) is 19.4 Å². The monoisotopic (exact) mass is 484 g/mol. The molecule has 174 valence electrons.